The maximum Gasteiger partial charge on any atom is 0.573 e. The van der Waals surface area contributed by atoms with Crippen molar-refractivity contribution in [3.63, 3.8) is 0 Å². The van der Waals surface area contributed by atoms with Crippen LogP contribution < -0.4 is 10.5 Å². The standard InChI is InChI=1S/C24H23F3N4O/c1-22(2,3)15-6-9-17-18(10-15)20(23(12-29,13-30)21(31)19(17)11-28)14-4-7-16(8-5-14)32-24(25,26)27/h4-5,7-9,15,18,20H,6,10,31H2,1-3H3/t15-,18-,20+/m0/s1. The van der Waals surface area contributed by atoms with E-state index in [1.54, 1.807) is 0 Å². The lowest BCUT2D eigenvalue weighted by molar-refractivity contribution is -0.274. The summed E-state index contributed by atoms with van der Waals surface area (Å²) in [6.07, 6.45) is -1.53. The molecule has 32 heavy (non-hydrogen) atoms. The van der Waals surface area contributed by atoms with E-state index in [9.17, 15) is 29.0 Å². The molecule has 0 spiro atoms. The van der Waals surface area contributed by atoms with Crippen molar-refractivity contribution in [2.24, 2.45) is 28.4 Å². The van der Waals surface area contributed by atoms with Gasteiger partial charge < -0.3 is 10.5 Å². The molecule has 3 atom stereocenters. The van der Waals surface area contributed by atoms with Crippen LogP contribution in [0.5, 0.6) is 5.75 Å². The van der Waals surface area contributed by atoms with Crippen molar-refractivity contribution >= 4 is 0 Å². The first-order valence-electron chi connectivity index (χ1n) is 10.2. The van der Waals surface area contributed by atoms with Gasteiger partial charge in [0.15, 0.2) is 5.41 Å². The van der Waals surface area contributed by atoms with E-state index >= 15 is 0 Å². The zero-order valence-corrected chi connectivity index (χ0v) is 18.0. The van der Waals surface area contributed by atoms with Crippen molar-refractivity contribution in [3.8, 4) is 24.0 Å². The molecule has 3 rings (SSSR count). The van der Waals surface area contributed by atoms with Crippen molar-refractivity contribution in [1.82, 2.24) is 0 Å². The summed E-state index contributed by atoms with van der Waals surface area (Å²) in [7, 11) is 0. The summed E-state index contributed by atoms with van der Waals surface area (Å²) in [5, 5.41) is 30.0. The van der Waals surface area contributed by atoms with E-state index in [1.807, 2.05) is 18.2 Å². The van der Waals surface area contributed by atoms with Gasteiger partial charge in [-0.05, 0) is 53.4 Å². The van der Waals surface area contributed by atoms with Gasteiger partial charge in [0, 0.05) is 5.92 Å². The third-order valence-corrected chi connectivity index (χ3v) is 6.57. The molecule has 8 heteroatoms. The van der Waals surface area contributed by atoms with Crippen molar-refractivity contribution in [1.29, 1.82) is 15.8 Å². The lowest BCUT2D eigenvalue weighted by Gasteiger charge is -2.47. The van der Waals surface area contributed by atoms with E-state index in [0.717, 1.165) is 18.6 Å². The predicted molar refractivity (Wildman–Crippen MR) is 110 cm³/mol. The number of hydrogen-bond acceptors (Lipinski definition) is 5. The number of nitrogens with two attached hydrogens (primary N) is 1. The second-order valence-electron chi connectivity index (χ2n) is 9.33. The maximum absolute atomic E-state index is 12.6. The number of nitrogens with zero attached hydrogens (tertiary/aromatic N) is 3. The van der Waals surface area contributed by atoms with Gasteiger partial charge in [-0.1, -0.05) is 39.0 Å². The molecule has 166 valence electrons. The van der Waals surface area contributed by atoms with Gasteiger partial charge in [-0.3, -0.25) is 0 Å². The molecule has 0 radical (unpaired) electrons. The zero-order valence-electron chi connectivity index (χ0n) is 18.0. The highest BCUT2D eigenvalue weighted by molar-refractivity contribution is 5.59. The van der Waals surface area contributed by atoms with Crippen molar-refractivity contribution in [2.75, 3.05) is 0 Å². The molecule has 0 saturated heterocycles. The first-order chi connectivity index (χ1) is 14.9. The van der Waals surface area contributed by atoms with Crippen LogP contribution in [0.4, 0.5) is 13.2 Å². The zero-order chi connectivity index (χ0) is 23.9. The molecular formula is C24H23F3N4O. The number of nitriles is 3. The van der Waals surface area contributed by atoms with Crippen LogP contribution in [0.15, 0.2) is 47.2 Å². The van der Waals surface area contributed by atoms with Crippen LogP contribution in [0.3, 0.4) is 0 Å². The number of fused-ring (bicyclic) bond motifs is 1. The van der Waals surface area contributed by atoms with Crippen molar-refractivity contribution in [3.05, 3.63) is 52.7 Å². The molecule has 0 amide bonds. The Morgan fingerprint density at radius 2 is 1.66 bits per heavy atom. The topological polar surface area (TPSA) is 107 Å². The van der Waals surface area contributed by atoms with Crippen molar-refractivity contribution in [2.45, 2.75) is 45.9 Å². The fourth-order valence-electron chi connectivity index (χ4n) is 4.85. The van der Waals surface area contributed by atoms with E-state index in [1.165, 1.54) is 12.1 Å². The fraction of sp³-hybridized carbons (Fsp3) is 0.458. The second kappa shape index (κ2) is 7.92. The van der Waals surface area contributed by atoms with E-state index < -0.39 is 23.4 Å². The average molecular weight is 440 g/mol. The van der Waals surface area contributed by atoms with E-state index in [2.05, 4.69) is 31.6 Å². The number of alkyl halides is 3. The Kier molecular flexibility index (Phi) is 5.75. The lowest BCUT2D eigenvalue weighted by Crippen LogP contribution is -2.44. The molecular weight excluding hydrogens is 417 g/mol. The minimum Gasteiger partial charge on any atom is -0.406 e. The monoisotopic (exact) mass is 440 g/mol. The molecule has 0 bridgehead atoms. The first-order valence-corrected chi connectivity index (χ1v) is 10.2. The molecule has 0 unspecified atom stereocenters. The average Bonchev–Trinajstić information content (AvgIpc) is 2.72. The van der Waals surface area contributed by atoms with Gasteiger partial charge in [0.05, 0.1) is 23.4 Å². The third kappa shape index (κ3) is 3.92. The Bertz CT molecular complexity index is 1080. The number of benzene rings is 1. The van der Waals surface area contributed by atoms with Crippen LogP contribution in [-0.4, -0.2) is 6.36 Å². The molecule has 0 heterocycles. The van der Waals surface area contributed by atoms with Crippen LogP contribution in [0.2, 0.25) is 0 Å². The Morgan fingerprint density at radius 3 is 2.12 bits per heavy atom. The number of rotatable bonds is 2. The molecule has 2 aliphatic rings. The van der Waals surface area contributed by atoms with Gasteiger partial charge in [0.2, 0.25) is 0 Å². The van der Waals surface area contributed by atoms with E-state index in [-0.39, 0.29) is 28.5 Å². The Balaban J connectivity index is 2.19. The minimum atomic E-state index is -4.83. The van der Waals surface area contributed by atoms with Gasteiger partial charge in [-0.2, -0.15) is 15.8 Å². The van der Waals surface area contributed by atoms with Crippen LogP contribution in [0.1, 0.15) is 45.1 Å². The molecule has 2 N–H and O–H groups in total. The Morgan fingerprint density at radius 1 is 1.06 bits per heavy atom. The highest BCUT2D eigenvalue weighted by Crippen LogP contribution is 2.58. The van der Waals surface area contributed by atoms with E-state index in [4.69, 9.17) is 5.73 Å². The minimum absolute atomic E-state index is 0.0571. The second-order valence-corrected chi connectivity index (χ2v) is 9.33. The quantitative estimate of drug-likeness (QED) is 0.658. The number of hydrogen-bond donors (Lipinski definition) is 1. The number of halogens is 3. The van der Waals surface area contributed by atoms with Gasteiger partial charge in [-0.25, -0.2) is 0 Å². The maximum atomic E-state index is 12.6. The lowest BCUT2D eigenvalue weighted by atomic mass is 9.54. The summed E-state index contributed by atoms with van der Waals surface area (Å²) in [5.74, 6) is -1.28. The van der Waals surface area contributed by atoms with Gasteiger partial charge >= 0.3 is 6.36 Å². The molecule has 1 aromatic carbocycles. The normalized spacial score (nSPS) is 25.0. The largest absolute Gasteiger partial charge is 0.573 e. The molecule has 0 aromatic heterocycles. The summed E-state index contributed by atoms with van der Waals surface area (Å²) in [4.78, 5) is 0. The summed E-state index contributed by atoms with van der Waals surface area (Å²) in [6, 6.07) is 11.3. The molecule has 2 aliphatic carbocycles. The summed E-state index contributed by atoms with van der Waals surface area (Å²) in [5.41, 5.74) is 5.62. The Hall–Kier alpha value is -3.44. The van der Waals surface area contributed by atoms with Gasteiger partial charge in [-0.15, -0.1) is 13.2 Å². The first kappa shape index (κ1) is 23.2. The van der Waals surface area contributed by atoms with Crippen LogP contribution >= 0.6 is 0 Å². The highest BCUT2D eigenvalue weighted by Gasteiger charge is 2.55. The van der Waals surface area contributed by atoms with Crippen LogP contribution in [0, 0.1) is 56.7 Å². The van der Waals surface area contributed by atoms with Crippen molar-refractivity contribution < 1.29 is 17.9 Å². The SMILES string of the molecule is CC(C)(C)[C@H]1CC=C2C(C#N)=C(N)C(C#N)(C#N)[C@H](c3ccc(OC(F)(F)F)cc3)[C@H]2C1. The fourth-order valence-corrected chi connectivity index (χ4v) is 4.85. The highest BCUT2D eigenvalue weighted by atomic mass is 19.4. The summed E-state index contributed by atoms with van der Waals surface area (Å²) >= 11 is 0. The van der Waals surface area contributed by atoms with Gasteiger partial charge in [0.25, 0.3) is 0 Å². The van der Waals surface area contributed by atoms with Crippen LogP contribution in [-0.2, 0) is 0 Å². The third-order valence-electron chi connectivity index (χ3n) is 6.57. The van der Waals surface area contributed by atoms with Gasteiger partial charge in [0.1, 0.15) is 11.8 Å². The molecule has 0 saturated carbocycles. The Labute approximate surface area is 185 Å². The molecule has 1 aromatic rings. The molecule has 0 fully saturated rings. The molecule has 5 nitrogen and oxygen atoms in total. The number of ether oxygens (including phenoxy) is 1. The summed E-state index contributed by atoms with van der Waals surface area (Å²) in [6.45, 7) is 6.32. The smallest absolute Gasteiger partial charge is 0.406 e. The van der Waals surface area contributed by atoms with Crippen LogP contribution in [0.25, 0.3) is 0 Å². The van der Waals surface area contributed by atoms with E-state index in [0.29, 0.717) is 17.6 Å². The predicted octanol–water partition coefficient (Wildman–Crippen LogP) is 5.45. The molecule has 0 aliphatic heterocycles. The summed E-state index contributed by atoms with van der Waals surface area (Å²) < 4.78 is 41.7. The number of allylic oxidation sites excluding steroid dienone is 4.